The number of esters is 1. The van der Waals surface area contributed by atoms with E-state index in [4.69, 9.17) is 10.5 Å². The number of carbonyl (C=O) groups is 1. The SMILES string of the molecule is CCOC(=O)c1ccc(Br)c(F)c1N. The molecule has 0 radical (unpaired) electrons. The molecule has 0 aliphatic rings. The largest absolute Gasteiger partial charge is 0.462 e. The van der Waals surface area contributed by atoms with Crippen LogP contribution >= 0.6 is 15.9 Å². The Bertz CT molecular complexity index is 368. The molecule has 2 N–H and O–H groups in total. The topological polar surface area (TPSA) is 52.3 Å². The standard InChI is InChI=1S/C9H9BrFNO2/c1-2-14-9(13)5-3-4-6(10)7(11)8(5)12/h3-4H,2,12H2,1H3. The molecule has 5 heteroatoms. The Labute approximate surface area is 89.2 Å². The lowest BCUT2D eigenvalue weighted by molar-refractivity contribution is 0.0527. The van der Waals surface area contributed by atoms with E-state index >= 15 is 0 Å². The number of benzene rings is 1. The number of halogens is 2. The van der Waals surface area contributed by atoms with Crippen molar-refractivity contribution < 1.29 is 13.9 Å². The van der Waals surface area contributed by atoms with Crippen molar-refractivity contribution in [3.8, 4) is 0 Å². The molecule has 0 spiro atoms. The van der Waals surface area contributed by atoms with Crippen LogP contribution in [0.3, 0.4) is 0 Å². The van der Waals surface area contributed by atoms with Crippen LogP contribution in [0.15, 0.2) is 16.6 Å². The van der Waals surface area contributed by atoms with Gasteiger partial charge in [0.05, 0.1) is 22.3 Å². The molecule has 76 valence electrons. The van der Waals surface area contributed by atoms with E-state index in [1.54, 1.807) is 6.92 Å². The van der Waals surface area contributed by atoms with Crippen LogP contribution in [0.25, 0.3) is 0 Å². The number of rotatable bonds is 2. The zero-order valence-corrected chi connectivity index (χ0v) is 9.10. The first-order valence-corrected chi connectivity index (χ1v) is 4.77. The first-order chi connectivity index (χ1) is 6.57. The molecular weight excluding hydrogens is 253 g/mol. The molecule has 0 aliphatic carbocycles. The maximum absolute atomic E-state index is 13.2. The first-order valence-electron chi connectivity index (χ1n) is 3.98. The zero-order valence-electron chi connectivity index (χ0n) is 7.51. The first kappa shape index (κ1) is 11.0. The third kappa shape index (κ3) is 2.04. The van der Waals surface area contributed by atoms with Crippen LogP contribution < -0.4 is 5.73 Å². The van der Waals surface area contributed by atoms with Crippen LogP contribution in [0.1, 0.15) is 17.3 Å². The average molecular weight is 262 g/mol. The average Bonchev–Trinajstić information content (AvgIpc) is 2.15. The summed E-state index contributed by atoms with van der Waals surface area (Å²) >= 11 is 2.96. The van der Waals surface area contributed by atoms with Crippen LogP contribution in [0.5, 0.6) is 0 Å². The second-order valence-corrected chi connectivity index (χ2v) is 3.40. The summed E-state index contributed by atoms with van der Waals surface area (Å²) < 4.78 is 18.1. The molecule has 1 aromatic carbocycles. The predicted molar refractivity (Wildman–Crippen MR) is 54.5 cm³/mol. The second kappa shape index (κ2) is 4.41. The summed E-state index contributed by atoms with van der Waals surface area (Å²) in [5.41, 5.74) is 5.26. The summed E-state index contributed by atoms with van der Waals surface area (Å²) in [6.07, 6.45) is 0. The Morgan fingerprint density at radius 2 is 2.29 bits per heavy atom. The predicted octanol–water partition coefficient (Wildman–Crippen LogP) is 2.35. The Morgan fingerprint density at radius 3 is 2.86 bits per heavy atom. The highest BCUT2D eigenvalue weighted by Gasteiger charge is 2.15. The highest BCUT2D eigenvalue weighted by molar-refractivity contribution is 9.10. The summed E-state index contributed by atoms with van der Waals surface area (Å²) in [5, 5.41) is 0. The highest BCUT2D eigenvalue weighted by Crippen LogP contribution is 2.24. The molecule has 0 aromatic heterocycles. The van der Waals surface area contributed by atoms with Gasteiger partial charge in [-0.15, -0.1) is 0 Å². The third-order valence-corrected chi connectivity index (χ3v) is 2.24. The van der Waals surface area contributed by atoms with Crippen molar-refractivity contribution in [3.63, 3.8) is 0 Å². The highest BCUT2D eigenvalue weighted by atomic mass is 79.9. The van der Waals surface area contributed by atoms with E-state index in [0.717, 1.165) is 0 Å². The molecule has 0 aliphatic heterocycles. The van der Waals surface area contributed by atoms with Crippen molar-refractivity contribution in [1.82, 2.24) is 0 Å². The smallest absolute Gasteiger partial charge is 0.340 e. The molecule has 0 bridgehead atoms. The summed E-state index contributed by atoms with van der Waals surface area (Å²) in [6, 6.07) is 2.83. The van der Waals surface area contributed by atoms with Crippen LogP contribution in [0.4, 0.5) is 10.1 Å². The van der Waals surface area contributed by atoms with Gasteiger partial charge in [-0.05, 0) is 35.0 Å². The minimum absolute atomic E-state index is 0.0487. The molecule has 0 heterocycles. The van der Waals surface area contributed by atoms with Gasteiger partial charge in [0.15, 0.2) is 5.82 Å². The number of nitrogen functional groups attached to an aromatic ring is 1. The quantitative estimate of drug-likeness (QED) is 0.657. The van der Waals surface area contributed by atoms with Gasteiger partial charge in [-0.3, -0.25) is 0 Å². The van der Waals surface area contributed by atoms with Crippen molar-refractivity contribution in [2.45, 2.75) is 6.92 Å². The Morgan fingerprint density at radius 1 is 1.64 bits per heavy atom. The molecule has 0 saturated heterocycles. The number of carbonyl (C=O) groups excluding carboxylic acids is 1. The maximum Gasteiger partial charge on any atom is 0.340 e. The van der Waals surface area contributed by atoms with Gasteiger partial charge in [0, 0.05) is 0 Å². The fraction of sp³-hybridized carbons (Fsp3) is 0.222. The molecule has 14 heavy (non-hydrogen) atoms. The van der Waals surface area contributed by atoms with Gasteiger partial charge in [0.2, 0.25) is 0 Å². The van der Waals surface area contributed by atoms with Crippen molar-refractivity contribution in [2.75, 3.05) is 12.3 Å². The van der Waals surface area contributed by atoms with Gasteiger partial charge in [-0.1, -0.05) is 0 Å². The molecule has 1 aromatic rings. The van der Waals surface area contributed by atoms with Crippen molar-refractivity contribution in [1.29, 1.82) is 0 Å². The van der Waals surface area contributed by atoms with E-state index in [1.165, 1.54) is 12.1 Å². The lowest BCUT2D eigenvalue weighted by Gasteiger charge is -2.06. The van der Waals surface area contributed by atoms with Gasteiger partial charge >= 0.3 is 5.97 Å². The number of ether oxygens (including phenoxy) is 1. The number of hydrogen-bond donors (Lipinski definition) is 1. The third-order valence-electron chi connectivity index (χ3n) is 1.63. The minimum Gasteiger partial charge on any atom is -0.462 e. The fourth-order valence-electron chi connectivity index (χ4n) is 0.953. The molecular formula is C9H9BrFNO2. The summed E-state index contributed by atoms with van der Waals surface area (Å²) in [5.74, 6) is -1.26. The monoisotopic (exact) mass is 261 g/mol. The molecule has 3 nitrogen and oxygen atoms in total. The molecule has 0 fully saturated rings. The Balaban J connectivity index is 3.11. The van der Waals surface area contributed by atoms with E-state index in [0.29, 0.717) is 0 Å². The maximum atomic E-state index is 13.2. The van der Waals surface area contributed by atoms with Gasteiger partial charge in [-0.2, -0.15) is 0 Å². The molecule has 0 unspecified atom stereocenters. The molecule has 0 saturated carbocycles. The second-order valence-electron chi connectivity index (χ2n) is 2.54. The summed E-state index contributed by atoms with van der Waals surface area (Å²) in [6.45, 7) is 1.90. The van der Waals surface area contributed by atoms with E-state index < -0.39 is 11.8 Å². The Hall–Kier alpha value is -1.10. The number of nitrogens with two attached hydrogens (primary N) is 1. The zero-order chi connectivity index (χ0) is 10.7. The lowest BCUT2D eigenvalue weighted by atomic mass is 10.2. The van der Waals surface area contributed by atoms with E-state index in [1.807, 2.05) is 0 Å². The van der Waals surface area contributed by atoms with Crippen molar-refractivity contribution >= 4 is 27.6 Å². The van der Waals surface area contributed by atoms with Gasteiger partial charge in [0.1, 0.15) is 0 Å². The number of anilines is 1. The van der Waals surface area contributed by atoms with E-state index in [9.17, 15) is 9.18 Å². The van der Waals surface area contributed by atoms with Crippen LogP contribution in [-0.4, -0.2) is 12.6 Å². The molecule has 0 atom stereocenters. The Kier molecular flexibility index (Phi) is 3.46. The molecule has 0 amide bonds. The number of hydrogen-bond acceptors (Lipinski definition) is 3. The normalized spacial score (nSPS) is 9.93. The van der Waals surface area contributed by atoms with Gasteiger partial charge in [0.25, 0.3) is 0 Å². The minimum atomic E-state index is -0.643. The van der Waals surface area contributed by atoms with Gasteiger partial charge in [-0.25, -0.2) is 9.18 Å². The van der Waals surface area contributed by atoms with Crippen molar-refractivity contribution in [3.05, 3.63) is 28.0 Å². The molecule has 1 rings (SSSR count). The fourth-order valence-corrected chi connectivity index (χ4v) is 1.30. The van der Waals surface area contributed by atoms with Crippen LogP contribution in [0.2, 0.25) is 0 Å². The van der Waals surface area contributed by atoms with Gasteiger partial charge < -0.3 is 10.5 Å². The lowest BCUT2D eigenvalue weighted by Crippen LogP contribution is -2.09. The van der Waals surface area contributed by atoms with Crippen LogP contribution in [0, 0.1) is 5.82 Å². The van der Waals surface area contributed by atoms with Crippen molar-refractivity contribution in [2.24, 2.45) is 0 Å². The van der Waals surface area contributed by atoms with E-state index in [2.05, 4.69) is 15.9 Å². The summed E-state index contributed by atoms with van der Waals surface area (Å²) in [7, 11) is 0. The van der Waals surface area contributed by atoms with Crippen LogP contribution in [-0.2, 0) is 4.74 Å². The summed E-state index contributed by atoms with van der Waals surface area (Å²) in [4.78, 5) is 11.2. The van der Waals surface area contributed by atoms with E-state index in [-0.39, 0.29) is 22.3 Å².